The van der Waals surface area contributed by atoms with Crippen molar-refractivity contribution < 1.29 is 9.90 Å². The van der Waals surface area contributed by atoms with Crippen LogP contribution >= 0.6 is 11.6 Å². The van der Waals surface area contributed by atoms with Crippen LogP contribution in [-0.4, -0.2) is 35.6 Å². The second-order valence-electron chi connectivity index (χ2n) is 4.91. The predicted molar refractivity (Wildman–Crippen MR) is 83.1 cm³/mol. The third-order valence-electron chi connectivity index (χ3n) is 3.27. The number of carbonyl (C=O) groups is 1. The summed E-state index contributed by atoms with van der Waals surface area (Å²) in [7, 11) is 0. The lowest BCUT2D eigenvalue weighted by molar-refractivity contribution is 0.0718. The van der Waals surface area contributed by atoms with Crippen molar-refractivity contribution in [3.63, 3.8) is 0 Å². The van der Waals surface area contributed by atoms with Gasteiger partial charge < -0.3 is 10.0 Å². The third kappa shape index (κ3) is 5.51. The molecule has 0 saturated carbocycles. The predicted octanol–water partition coefficient (Wildman–Crippen LogP) is 3.44. The second-order valence-corrected chi connectivity index (χ2v) is 5.18. The van der Waals surface area contributed by atoms with Crippen LogP contribution in [0.4, 0.5) is 0 Å². The number of hydrogen-bond acceptors (Lipinski definition) is 2. The molecule has 20 heavy (non-hydrogen) atoms. The quantitative estimate of drug-likeness (QED) is 0.560. The van der Waals surface area contributed by atoms with E-state index in [1.807, 2.05) is 18.2 Å². The van der Waals surface area contributed by atoms with Crippen LogP contribution in [0.5, 0.6) is 0 Å². The molecule has 0 bridgehead atoms. The molecule has 0 heterocycles. The molecule has 0 aliphatic rings. The molecule has 0 radical (unpaired) electrons. The van der Waals surface area contributed by atoms with Gasteiger partial charge in [0, 0.05) is 24.5 Å². The zero-order valence-electron chi connectivity index (χ0n) is 12.1. The van der Waals surface area contributed by atoms with Gasteiger partial charge >= 0.3 is 0 Å². The summed E-state index contributed by atoms with van der Waals surface area (Å²) in [6, 6.07) is 7.38. The zero-order valence-corrected chi connectivity index (χ0v) is 12.9. The van der Waals surface area contributed by atoms with Crippen molar-refractivity contribution in [1.82, 2.24) is 4.90 Å². The van der Waals surface area contributed by atoms with Crippen molar-refractivity contribution >= 4 is 17.5 Å². The molecule has 4 heteroatoms. The molecule has 1 amide bonds. The van der Waals surface area contributed by atoms with Crippen LogP contribution in [0.3, 0.4) is 0 Å². The summed E-state index contributed by atoms with van der Waals surface area (Å²) in [5, 5.41) is 9.12. The Morgan fingerprint density at radius 3 is 2.70 bits per heavy atom. The van der Waals surface area contributed by atoms with E-state index < -0.39 is 0 Å². The monoisotopic (exact) mass is 297 g/mol. The maximum atomic E-state index is 12.4. The van der Waals surface area contributed by atoms with Gasteiger partial charge in [0.1, 0.15) is 0 Å². The van der Waals surface area contributed by atoms with Crippen LogP contribution in [0.1, 0.15) is 48.5 Å². The van der Waals surface area contributed by atoms with Crippen LogP contribution in [0.25, 0.3) is 0 Å². The summed E-state index contributed by atoms with van der Waals surface area (Å²) < 4.78 is 0. The van der Waals surface area contributed by atoms with E-state index in [0.717, 1.165) is 18.4 Å². The van der Waals surface area contributed by atoms with Crippen molar-refractivity contribution in [2.75, 3.05) is 19.7 Å². The molecule has 3 nitrogen and oxygen atoms in total. The average Bonchev–Trinajstić information content (AvgIpc) is 2.49. The maximum Gasteiger partial charge on any atom is 0.253 e. The minimum Gasteiger partial charge on any atom is -0.395 e. The molecule has 0 fully saturated rings. The smallest absolute Gasteiger partial charge is 0.253 e. The Kier molecular flexibility index (Phi) is 8.31. The Labute approximate surface area is 126 Å². The van der Waals surface area contributed by atoms with Gasteiger partial charge in [0.05, 0.1) is 6.61 Å². The highest BCUT2D eigenvalue weighted by Crippen LogP contribution is 2.11. The first-order valence-corrected chi connectivity index (χ1v) is 7.81. The van der Waals surface area contributed by atoms with E-state index in [9.17, 15) is 4.79 Å². The molecule has 0 aliphatic carbocycles. The van der Waals surface area contributed by atoms with Crippen LogP contribution < -0.4 is 0 Å². The molecule has 0 atom stereocenters. The first-order chi connectivity index (χ1) is 9.72. The van der Waals surface area contributed by atoms with Crippen LogP contribution in [-0.2, 0) is 5.88 Å². The van der Waals surface area contributed by atoms with E-state index in [-0.39, 0.29) is 12.5 Å². The number of benzene rings is 1. The molecule has 0 aliphatic heterocycles. The van der Waals surface area contributed by atoms with E-state index in [0.29, 0.717) is 24.5 Å². The molecule has 1 aromatic rings. The van der Waals surface area contributed by atoms with Gasteiger partial charge in [0.25, 0.3) is 5.91 Å². The summed E-state index contributed by atoms with van der Waals surface area (Å²) in [6.45, 7) is 3.24. The molecule has 1 rings (SSSR count). The zero-order chi connectivity index (χ0) is 14.8. The number of alkyl halides is 1. The standard InChI is InChI=1S/C16H24ClNO2/c1-2-3-4-5-9-18(10-11-19)16(20)15-8-6-7-14(12-15)13-17/h6-8,12,19H,2-5,9-11,13H2,1H3. The summed E-state index contributed by atoms with van der Waals surface area (Å²) in [6.07, 6.45) is 4.46. The van der Waals surface area contributed by atoms with Gasteiger partial charge in [-0.3, -0.25) is 4.79 Å². The Balaban J connectivity index is 2.66. The molecular weight excluding hydrogens is 274 g/mol. The summed E-state index contributed by atoms with van der Waals surface area (Å²) in [5.74, 6) is 0.375. The van der Waals surface area contributed by atoms with Gasteiger partial charge in [-0.2, -0.15) is 0 Å². The van der Waals surface area contributed by atoms with Gasteiger partial charge in [-0.05, 0) is 24.1 Å². The van der Waals surface area contributed by atoms with E-state index in [1.165, 1.54) is 12.8 Å². The SMILES string of the molecule is CCCCCCN(CCO)C(=O)c1cccc(CCl)c1. The highest BCUT2D eigenvalue weighted by atomic mass is 35.5. The second kappa shape index (κ2) is 9.78. The Morgan fingerprint density at radius 2 is 2.05 bits per heavy atom. The topological polar surface area (TPSA) is 40.5 Å². The number of unbranched alkanes of at least 4 members (excludes halogenated alkanes) is 3. The van der Waals surface area contributed by atoms with Crippen molar-refractivity contribution in [3.8, 4) is 0 Å². The normalized spacial score (nSPS) is 10.6. The first kappa shape index (κ1) is 17.0. The number of rotatable bonds is 9. The first-order valence-electron chi connectivity index (χ1n) is 7.28. The van der Waals surface area contributed by atoms with Crippen LogP contribution in [0.2, 0.25) is 0 Å². The fourth-order valence-corrected chi connectivity index (χ4v) is 2.30. The molecule has 0 unspecified atom stereocenters. The lowest BCUT2D eigenvalue weighted by atomic mass is 10.1. The Bertz CT molecular complexity index is 409. The highest BCUT2D eigenvalue weighted by molar-refractivity contribution is 6.17. The van der Waals surface area contributed by atoms with Gasteiger partial charge in [0.15, 0.2) is 0 Å². The lowest BCUT2D eigenvalue weighted by Gasteiger charge is -2.22. The van der Waals surface area contributed by atoms with Gasteiger partial charge in [0.2, 0.25) is 0 Å². The molecule has 1 N–H and O–H groups in total. The van der Waals surface area contributed by atoms with Crippen molar-refractivity contribution in [2.24, 2.45) is 0 Å². The van der Waals surface area contributed by atoms with E-state index in [4.69, 9.17) is 16.7 Å². The lowest BCUT2D eigenvalue weighted by Crippen LogP contribution is -2.34. The fraction of sp³-hybridized carbons (Fsp3) is 0.562. The number of hydrogen-bond donors (Lipinski definition) is 1. The minimum atomic E-state index is -0.0254. The molecule has 112 valence electrons. The van der Waals surface area contributed by atoms with Crippen molar-refractivity contribution in [1.29, 1.82) is 0 Å². The average molecular weight is 298 g/mol. The Hall–Kier alpha value is -1.06. The Morgan fingerprint density at radius 1 is 1.25 bits per heavy atom. The number of carbonyl (C=O) groups excluding carboxylic acids is 1. The highest BCUT2D eigenvalue weighted by Gasteiger charge is 2.15. The van der Waals surface area contributed by atoms with Crippen LogP contribution in [0.15, 0.2) is 24.3 Å². The van der Waals surface area contributed by atoms with Crippen molar-refractivity contribution in [2.45, 2.75) is 38.5 Å². The minimum absolute atomic E-state index is 0.00524. The number of nitrogens with zero attached hydrogens (tertiary/aromatic N) is 1. The third-order valence-corrected chi connectivity index (χ3v) is 3.58. The fourth-order valence-electron chi connectivity index (χ4n) is 2.14. The number of aliphatic hydroxyl groups is 1. The summed E-state index contributed by atoms with van der Waals surface area (Å²) in [5.41, 5.74) is 1.58. The molecule has 0 aromatic heterocycles. The number of aliphatic hydroxyl groups excluding tert-OH is 1. The molecule has 0 spiro atoms. The number of halogens is 1. The maximum absolute atomic E-state index is 12.4. The molecule has 1 aromatic carbocycles. The van der Waals surface area contributed by atoms with E-state index in [1.54, 1.807) is 11.0 Å². The van der Waals surface area contributed by atoms with Crippen LogP contribution in [0, 0.1) is 0 Å². The van der Waals surface area contributed by atoms with Gasteiger partial charge in [-0.25, -0.2) is 0 Å². The van der Waals surface area contributed by atoms with E-state index >= 15 is 0 Å². The molecule has 0 saturated heterocycles. The van der Waals surface area contributed by atoms with Gasteiger partial charge in [-0.15, -0.1) is 11.6 Å². The number of amides is 1. The summed E-state index contributed by atoms with van der Waals surface area (Å²) in [4.78, 5) is 14.2. The van der Waals surface area contributed by atoms with Gasteiger partial charge in [-0.1, -0.05) is 38.3 Å². The van der Waals surface area contributed by atoms with Crippen molar-refractivity contribution in [3.05, 3.63) is 35.4 Å². The van der Waals surface area contributed by atoms with E-state index in [2.05, 4.69) is 6.92 Å². The summed E-state index contributed by atoms with van der Waals surface area (Å²) >= 11 is 5.80. The molecular formula is C16H24ClNO2. The largest absolute Gasteiger partial charge is 0.395 e.